The first-order valence-corrected chi connectivity index (χ1v) is 7.26. The van der Waals surface area contributed by atoms with Gasteiger partial charge >= 0.3 is 0 Å². The van der Waals surface area contributed by atoms with E-state index in [2.05, 4.69) is 15.3 Å². The van der Waals surface area contributed by atoms with Gasteiger partial charge in [0.05, 0.1) is 0 Å². The first-order chi connectivity index (χ1) is 11.5. The molecule has 0 bridgehead atoms. The number of H-pyrrole nitrogens is 1. The van der Waals surface area contributed by atoms with E-state index in [4.69, 9.17) is 0 Å². The summed E-state index contributed by atoms with van der Waals surface area (Å²) in [6.07, 6.45) is 0. The summed E-state index contributed by atoms with van der Waals surface area (Å²) in [5.74, 6) is -0.475. The lowest BCUT2D eigenvalue weighted by molar-refractivity contribution is 0.102. The van der Waals surface area contributed by atoms with Crippen LogP contribution in [0.3, 0.4) is 0 Å². The number of carbonyl (C=O) groups excluding carboxylic acids is 1. The maximum absolute atomic E-state index is 13.2. The third kappa shape index (κ3) is 3.55. The second-order valence-electron chi connectivity index (χ2n) is 5.28. The van der Waals surface area contributed by atoms with Gasteiger partial charge in [-0.2, -0.15) is 0 Å². The molecule has 0 spiro atoms. The molecule has 0 saturated carbocycles. The molecule has 3 rings (SSSR count). The maximum Gasteiger partial charge on any atom is 0.255 e. The summed E-state index contributed by atoms with van der Waals surface area (Å²) in [5.41, 5.74) is 1.76. The molecule has 0 unspecified atom stereocenters. The number of amides is 1. The van der Waals surface area contributed by atoms with Crippen LogP contribution in [0.2, 0.25) is 0 Å². The zero-order valence-electron chi connectivity index (χ0n) is 12.8. The fraction of sp³-hybridized carbons (Fsp3) is 0.0556. The minimum absolute atomic E-state index is 0.225. The van der Waals surface area contributed by atoms with Crippen LogP contribution >= 0.6 is 0 Å². The number of aromatic amines is 1. The third-order valence-corrected chi connectivity index (χ3v) is 3.35. The van der Waals surface area contributed by atoms with Crippen molar-refractivity contribution >= 4 is 11.6 Å². The van der Waals surface area contributed by atoms with Gasteiger partial charge in [0.15, 0.2) is 0 Å². The van der Waals surface area contributed by atoms with Crippen LogP contribution in [-0.2, 0) is 0 Å². The highest BCUT2D eigenvalue weighted by Gasteiger charge is 2.08. The highest BCUT2D eigenvalue weighted by molar-refractivity contribution is 6.04. The number of carbonyl (C=O) groups is 1. The summed E-state index contributed by atoms with van der Waals surface area (Å²) in [6.45, 7) is 1.73. The SMILES string of the molecule is Cc1cc(=O)[nH]c(-c2cccc(NC(=O)c3cccc(F)c3)c2)n1. The Labute approximate surface area is 137 Å². The van der Waals surface area contributed by atoms with E-state index >= 15 is 0 Å². The van der Waals surface area contributed by atoms with Crippen molar-refractivity contribution in [3.8, 4) is 11.4 Å². The number of nitrogens with zero attached hydrogens (tertiary/aromatic N) is 1. The van der Waals surface area contributed by atoms with Gasteiger partial charge in [-0.15, -0.1) is 0 Å². The molecule has 24 heavy (non-hydrogen) atoms. The second kappa shape index (κ2) is 6.45. The predicted molar refractivity (Wildman–Crippen MR) is 89.4 cm³/mol. The molecule has 3 aromatic rings. The van der Waals surface area contributed by atoms with Crippen LogP contribution in [0.4, 0.5) is 10.1 Å². The van der Waals surface area contributed by atoms with Gasteiger partial charge in [0, 0.05) is 28.6 Å². The molecule has 2 N–H and O–H groups in total. The highest BCUT2D eigenvalue weighted by atomic mass is 19.1. The monoisotopic (exact) mass is 323 g/mol. The minimum Gasteiger partial charge on any atom is -0.322 e. The van der Waals surface area contributed by atoms with Gasteiger partial charge in [-0.05, 0) is 37.3 Å². The summed E-state index contributed by atoms with van der Waals surface area (Å²) >= 11 is 0. The van der Waals surface area contributed by atoms with Gasteiger partial charge < -0.3 is 10.3 Å². The lowest BCUT2D eigenvalue weighted by Crippen LogP contribution is -2.12. The van der Waals surface area contributed by atoms with E-state index in [0.717, 1.165) is 0 Å². The van der Waals surface area contributed by atoms with Crippen molar-refractivity contribution < 1.29 is 9.18 Å². The van der Waals surface area contributed by atoms with Gasteiger partial charge in [-0.3, -0.25) is 9.59 Å². The molecule has 0 aliphatic carbocycles. The van der Waals surface area contributed by atoms with E-state index in [0.29, 0.717) is 22.8 Å². The largest absolute Gasteiger partial charge is 0.322 e. The second-order valence-corrected chi connectivity index (χ2v) is 5.28. The first kappa shape index (κ1) is 15.6. The Morgan fingerprint density at radius 3 is 2.67 bits per heavy atom. The lowest BCUT2D eigenvalue weighted by Gasteiger charge is -2.08. The van der Waals surface area contributed by atoms with Crippen LogP contribution < -0.4 is 10.9 Å². The van der Waals surface area contributed by atoms with Crippen molar-refractivity contribution in [1.29, 1.82) is 0 Å². The van der Waals surface area contributed by atoms with Crippen molar-refractivity contribution in [2.24, 2.45) is 0 Å². The van der Waals surface area contributed by atoms with E-state index in [-0.39, 0.29) is 11.1 Å². The Kier molecular flexibility index (Phi) is 4.20. The molecule has 0 fully saturated rings. The molecular formula is C18H14FN3O2. The highest BCUT2D eigenvalue weighted by Crippen LogP contribution is 2.19. The third-order valence-electron chi connectivity index (χ3n) is 3.35. The maximum atomic E-state index is 13.2. The number of anilines is 1. The standard InChI is InChI=1S/C18H14FN3O2/c1-11-8-16(23)22-17(20-11)12-4-3-7-15(10-12)21-18(24)13-5-2-6-14(19)9-13/h2-10H,1H3,(H,21,24)(H,20,22,23). The number of aromatic nitrogens is 2. The van der Waals surface area contributed by atoms with Gasteiger partial charge in [0.2, 0.25) is 0 Å². The quantitative estimate of drug-likeness (QED) is 0.777. The molecule has 120 valence electrons. The molecule has 1 aromatic heterocycles. The predicted octanol–water partition coefficient (Wildman–Crippen LogP) is 3.14. The van der Waals surface area contributed by atoms with E-state index in [1.54, 1.807) is 31.2 Å². The normalized spacial score (nSPS) is 10.4. The molecule has 0 saturated heterocycles. The Morgan fingerprint density at radius 1 is 1.12 bits per heavy atom. The zero-order chi connectivity index (χ0) is 17.1. The lowest BCUT2D eigenvalue weighted by atomic mass is 10.1. The van der Waals surface area contributed by atoms with E-state index in [9.17, 15) is 14.0 Å². The fourth-order valence-electron chi connectivity index (χ4n) is 2.29. The fourth-order valence-corrected chi connectivity index (χ4v) is 2.29. The minimum atomic E-state index is -0.474. The number of benzene rings is 2. The van der Waals surface area contributed by atoms with Crippen LogP contribution in [0.1, 0.15) is 16.1 Å². The average Bonchev–Trinajstić information content (AvgIpc) is 2.54. The van der Waals surface area contributed by atoms with Crippen LogP contribution in [0.25, 0.3) is 11.4 Å². The summed E-state index contributed by atoms with van der Waals surface area (Å²) in [5, 5.41) is 2.70. The summed E-state index contributed by atoms with van der Waals surface area (Å²) < 4.78 is 13.2. The molecule has 0 aliphatic heterocycles. The Bertz CT molecular complexity index is 966. The van der Waals surface area contributed by atoms with Crippen LogP contribution in [0, 0.1) is 12.7 Å². The number of halogens is 1. The van der Waals surface area contributed by atoms with Gasteiger partial charge in [0.25, 0.3) is 11.5 Å². The number of hydrogen-bond acceptors (Lipinski definition) is 3. The summed E-state index contributed by atoms with van der Waals surface area (Å²) in [7, 11) is 0. The summed E-state index contributed by atoms with van der Waals surface area (Å²) in [6, 6.07) is 13.7. The average molecular weight is 323 g/mol. The van der Waals surface area contributed by atoms with Crippen molar-refractivity contribution in [2.75, 3.05) is 5.32 Å². The van der Waals surface area contributed by atoms with Crippen molar-refractivity contribution in [3.63, 3.8) is 0 Å². The number of rotatable bonds is 3. The van der Waals surface area contributed by atoms with Gasteiger partial charge in [-0.25, -0.2) is 9.37 Å². The Hall–Kier alpha value is -3.28. The van der Waals surface area contributed by atoms with Crippen LogP contribution in [0.5, 0.6) is 0 Å². The van der Waals surface area contributed by atoms with Crippen molar-refractivity contribution in [2.45, 2.75) is 6.92 Å². The molecule has 1 amide bonds. The van der Waals surface area contributed by atoms with Crippen LogP contribution in [-0.4, -0.2) is 15.9 Å². The van der Waals surface area contributed by atoms with Crippen LogP contribution in [0.15, 0.2) is 59.4 Å². The molecule has 0 atom stereocenters. The zero-order valence-corrected chi connectivity index (χ0v) is 12.8. The van der Waals surface area contributed by atoms with Crippen molar-refractivity contribution in [3.05, 3.63) is 82.0 Å². The molecule has 5 nitrogen and oxygen atoms in total. The summed E-state index contributed by atoms with van der Waals surface area (Å²) in [4.78, 5) is 30.7. The smallest absolute Gasteiger partial charge is 0.255 e. The van der Waals surface area contributed by atoms with E-state index < -0.39 is 11.7 Å². The number of aryl methyl sites for hydroxylation is 1. The Balaban J connectivity index is 1.88. The number of hydrogen-bond donors (Lipinski definition) is 2. The molecule has 0 aliphatic rings. The first-order valence-electron chi connectivity index (χ1n) is 7.26. The van der Waals surface area contributed by atoms with E-state index in [1.165, 1.54) is 30.3 Å². The van der Waals surface area contributed by atoms with Gasteiger partial charge in [0.1, 0.15) is 11.6 Å². The molecule has 2 aromatic carbocycles. The molecule has 0 radical (unpaired) electrons. The number of nitrogens with one attached hydrogen (secondary N) is 2. The molecular weight excluding hydrogens is 309 g/mol. The van der Waals surface area contributed by atoms with Gasteiger partial charge in [-0.1, -0.05) is 18.2 Å². The van der Waals surface area contributed by atoms with E-state index in [1.807, 2.05) is 0 Å². The topological polar surface area (TPSA) is 74.8 Å². The molecule has 1 heterocycles. The van der Waals surface area contributed by atoms with Crippen molar-refractivity contribution in [1.82, 2.24) is 9.97 Å². The molecule has 6 heteroatoms. The Morgan fingerprint density at radius 2 is 1.92 bits per heavy atom.